The fraction of sp³-hybridized carbons (Fsp3) is 0.409. The van der Waals surface area contributed by atoms with Gasteiger partial charge in [0.15, 0.2) is 5.82 Å². The first-order valence-corrected chi connectivity index (χ1v) is 11.3. The number of aromatic nitrogens is 2. The van der Waals surface area contributed by atoms with Crippen LogP contribution in [0.1, 0.15) is 32.3 Å². The van der Waals surface area contributed by atoms with Crippen molar-refractivity contribution >= 4 is 48.3 Å². The Kier molecular flexibility index (Phi) is 10.4. The molecule has 8 heteroatoms. The number of thiol groups is 1. The van der Waals surface area contributed by atoms with E-state index in [9.17, 15) is 0 Å². The molecule has 0 spiro atoms. The van der Waals surface area contributed by atoms with Crippen molar-refractivity contribution in [3.8, 4) is 0 Å². The fourth-order valence-corrected chi connectivity index (χ4v) is 3.56. The molecule has 1 aromatic heterocycles. The van der Waals surface area contributed by atoms with Gasteiger partial charge in [-0.3, -0.25) is 4.72 Å². The summed E-state index contributed by atoms with van der Waals surface area (Å²) in [5, 5.41) is 8.17. The van der Waals surface area contributed by atoms with Gasteiger partial charge in [0.25, 0.3) is 0 Å². The third kappa shape index (κ3) is 7.12. The maximum atomic E-state index is 7.65. The van der Waals surface area contributed by atoms with E-state index in [1.54, 1.807) is 11.9 Å². The quantitative estimate of drug-likeness (QED) is 0.163. The van der Waals surface area contributed by atoms with Crippen molar-refractivity contribution in [1.29, 1.82) is 5.41 Å². The van der Waals surface area contributed by atoms with Crippen molar-refractivity contribution < 1.29 is 4.74 Å². The van der Waals surface area contributed by atoms with E-state index in [1.165, 1.54) is 6.21 Å². The summed E-state index contributed by atoms with van der Waals surface area (Å²) in [5.41, 5.74) is 2.01. The average Bonchev–Trinajstić information content (AvgIpc) is 2.75. The topological polar surface area (TPSA) is 74.1 Å². The van der Waals surface area contributed by atoms with Crippen LogP contribution in [0.25, 0.3) is 11.6 Å². The number of hydrogen-bond acceptors (Lipinski definition) is 8. The zero-order valence-corrected chi connectivity index (χ0v) is 19.6. The minimum atomic E-state index is 0.517. The number of rotatable bonds is 10. The summed E-state index contributed by atoms with van der Waals surface area (Å²) >= 11 is 6.45. The lowest BCUT2D eigenvalue weighted by molar-refractivity contribution is 0.122. The molecule has 0 radical (unpaired) electrons. The number of nitrogens with zero attached hydrogens (tertiary/aromatic N) is 3. The molecule has 0 aliphatic carbocycles. The predicted octanol–water partition coefficient (Wildman–Crippen LogP) is 4.43. The molecule has 2 heterocycles. The summed E-state index contributed by atoms with van der Waals surface area (Å²) in [5.74, 6) is 1.31. The maximum Gasteiger partial charge on any atom is 0.162 e. The highest BCUT2D eigenvalue weighted by Gasteiger charge is 2.20. The SMILES string of the molecule is C=C(C=N)/C(=C\C=C/C)c1nc(/C=C/CNSC(C)C)c(S)c(N2CCOCC2)n1. The highest BCUT2D eigenvalue weighted by molar-refractivity contribution is 7.97. The minimum Gasteiger partial charge on any atom is -0.378 e. The lowest BCUT2D eigenvalue weighted by Gasteiger charge is -2.29. The molecule has 1 aliphatic rings. The molecule has 6 nitrogen and oxygen atoms in total. The molecule has 0 atom stereocenters. The molecule has 2 rings (SSSR count). The van der Waals surface area contributed by atoms with Crippen LogP contribution in [-0.2, 0) is 4.74 Å². The Bertz CT molecular complexity index is 827. The number of anilines is 1. The fourth-order valence-electron chi connectivity index (χ4n) is 2.72. The van der Waals surface area contributed by atoms with Crippen LogP contribution in [-0.4, -0.2) is 54.3 Å². The average molecular weight is 446 g/mol. The minimum absolute atomic E-state index is 0.517. The van der Waals surface area contributed by atoms with Gasteiger partial charge in [0, 0.05) is 36.7 Å². The van der Waals surface area contributed by atoms with Crippen LogP contribution in [0, 0.1) is 5.41 Å². The number of hydrogen-bond donors (Lipinski definition) is 3. The summed E-state index contributed by atoms with van der Waals surface area (Å²) in [4.78, 5) is 12.5. The van der Waals surface area contributed by atoms with E-state index < -0.39 is 0 Å². The van der Waals surface area contributed by atoms with E-state index >= 15 is 0 Å². The highest BCUT2D eigenvalue weighted by Crippen LogP contribution is 2.29. The van der Waals surface area contributed by atoms with E-state index in [0.29, 0.717) is 35.4 Å². The van der Waals surface area contributed by atoms with Crippen LogP contribution in [0.3, 0.4) is 0 Å². The Morgan fingerprint density at radius 2 is 2.10 bits per heavy atom. The van der Waals surface area contributed by atoms with E-state index in [1.807, 2.05) is 37.3 Å². The van der Waals surface area contributed by atoms with Crippen molar-refractivity contribution in [2.75, 3.05) is 37.7 Å². The molecule has 1 aromatic rings. The second-order valence-corrected chi connectivity index (χ2v) is 8.81. The van der Waals surface area contributed by atoms with Gasteiger partial charge in [-0.25, -0.2) is 9.97 Å². The lowest BCUT2D eigenvalue weighted by Crippen LogP contribution is -2.37. The molecule has 0 unspecified atom stereocenters. The third-order valence-corrected chi connectivity index (χ3v) is 5.45. The van der Waals surface area contributed by atoms with E-state index in [-0.39, 0.29) is 0 Å². The number of nitrogens with one attached hydrogen (secondary N) is 2. The van der Waals surface area contributed by atoms with Crippen LogP contribution in [0.2, 0.25) is 0 Å². The van der Waals surface area contributed by atoms with Gasteiger partial charge in [-0.2, -0.15) is 0 Å². The standard InChI is InChI=1S/C22H31N5OS2/c1-5-6-8-18(17(4)15-23)21-25-19(9-7-10-24-30-16(2)3)20(29)22(26-21)27-11-13-28-14-12-27/h5-9,15-16,23-24,29H,4,10-14H2,1-3H3/b6-5-,9-7+,18-8+,23-15?. The summed E-state index contributed by atoms with van der Waals surface area (Å²) in [6.45, 7) is 13.8. The van der Waals surface area contributed by atoms with Crippen LogP contribution >= 0.6 is 24.6 Å². The second-order valence-electron chi connectivity index (χ2n) is 6.90. The molecule has 1 aliphatic heterocycles. The molecule has 2 N–H and O–H groups in total. The molecule has 30 heavy (non-hydrogen) atoms. The molecular formula is C22H31N5OS2. The first kappa shape index (κ1) is 24.4. The van der Waals surface area contributed by atoms with Crippen molar-refractivity contribution in [2.45, 2.75) is 30.9 Å². The Balaban J connectivity index is 2.46. The monoisotopic (exact) mass is 445 g/mol. The smallest absolute Gasteiger partial charge is 0.162 e. The normalized spacial score (nSPS) is 15.5. The summed E-state index contributed by atoms with van der Waals surface area (Å²) in [7, 11) is 0. The third-order valence-electron chi connectivity index (χ3n) is 4.22. The summed E-state index contributed by atoms with van der Waals surface area (Å²) < 4.78 is 8.81. The van der Waals surface area contributed by atoms with E-state index in [2.05, 4.69) is 30.0 Å². The maximum absolute atomic E-state index is 7.65. The predicted molar refractivity (Wildman–Crippen MR) is 133 cm³/mol. The van der Waals surface area contributed by atoms with E-state index in [0.717, 1.165) is 36.0 Å². The van der Waals surface area contributed by atoms with Crippen molar-refractivity contribution in [3.63, 3.8) is 0 Å². The molecule has 0 saturated carbocycles. The van der Waals surface area contributed by atoms with Gasteiger partial charge in [0.2, 0.25) is 0 Å². The van der Waals surface area contributed by atoms with Gasteiger partial charge in [-0.05, 0) is 18.6 Å². The second kappa shape index (κ2) is 12.7. The van der Waals surface area contributed by atoms with Crippen molar-refractivity contribution in [1.82, 2.24) is 14.7 Å². The molecule has 0 amide bonds. The van der Waals surface area contributed by atoms with Gasteiger partial charge < -0.3 is 15.0 Å². The Labute approximate surface area is 189 Å². The lowest BCUT2D eigenvalue weighted by atomic mass is 10.1. The van der Waals surface area contributed by atoms with Crippen LogP contribution < -0.4 is 9.62 Å². The summed E-state index contributed by atoms with van der Waals surface area (Å²) in [6, 6.07) is 0. The van der Waals surface area contributed by atoms with Crippen LogP contribution in [0.4, 0.5) is 5.82 Å². The first-order chi connectivity index (χ1) is 14.5. The van der Waals surface area contributed by atoms with E-state index in [4.69, 9.17) is 32.7 Å². The molecular weight excluding hydrogens is 414 g/mol. The zero-order chi connectivity index (χ0) is 21.9. The van der Waals surface area contributed by atoms with Crippen molar-refractivity contribution in [2.24, 2.45) is 0 Å². The van der Waals surface area contributed by atoms with Gasteiger partial charge >= 0.3 is 0 Å². The number of allylic oxidation sites excluding steroid dienone is 5. The Morgan fingerprint density at radius 1 is 1.37 bits per heavy atom. The summed E-state index contributed by atoms with van der Waals surface area (Å²) in [6.07, 6.45) is 10.9. The van der Waals surface area contributed by atoms with Gasteiger partial charge in [0.1, 0.15) is 5.82 Å². The Morgan fingerprint density at radius 3 is 2.73 bits per heavy atom. The number of ether oxygens (including phenoxy) is 1. The molecule has 1 fully saturated rings. The molecule has 0 bridgehead atoms. The van der Waals surface area contributed by atoms with Gasteiger partial charge in [-0.15, -0.1) is 12.6 Å². The molecule has 1 saturated heterocycles. The largest absolute Gasteiger partial charge is 0.378 e. The molecule has 0 aromatic carbocycles. The van der Waals surface area contributed by atoms with Crippen molar-refractivity contribution in [3.05, 3.63) is 48.0 Å². The van der Waals surface area contributed by atoms with Crippen LogP contribution in [0.15, 0.2) is 41.4 Å². The van der Waals surface area contributed by atoms with Gasteiger partial charge in [-0.1, -0.05) is 56.7 Å². The zero-order valence-electron chi connectivity index (χ0n) is 17.9. The van der Waals surface area contributed by atoms with Crippen LogP contribution in [0.5, 0.6) is 0 Å². The van der Waals surface area contributed by atoms with Gasteiger partial charge in [0.05, 0.1) is 23.8 Å². The number of morpholine rings is 1. The first-order valence-electron chi connectivity index (χ1n) is 9.99. The highest BCUT2D eigenvalue weighted by atomic mass is 32.2. The Hall–Kier alpha value is -1.87. The molecule has 162 valence electrons.